The topological polar surface area (TPSA) is 20.3 Å². The molecule has 1 aromatic carbocycles. The van der Waals surface area contributed by atoms with E-state index in [0.29, 0.717) is 22.4 Å². The molecule has 2 nitrogen and oxygen atoms in total. The molecule has 21 heavy (non-hydrogen) atoms. The summed E-state index contributed by atoms with van der Waals surface area (Å²) in [6.45, 7) is 1.55. The van der Waals surface area contributed by atoms with Crippen molar-refractivity contribution >= 4 is 29.1 Å². The minimum absolute atomic E-state index is 0.0835. The van der Waals surface area contributed by atoms with Gasteiger partial charge in [0.2, 0.25) is 0 Å². The first-order chi connectivity index (χ1) is 10.2. The molecule has 2 rings (SSSR count). The van der Waals surface area contributed by atoms with Gasteiger partial charge in [0.05, 0.1) is 0 Å². The summed E-state index contributed by atoms with van der Waals surface area (Å²) in [4.78, 5) is 14.3. The summed E-state index contributed by atoms with van der Waals surface area (Å²) < 4.78 is 0. The number of unbranched alkanes of at least 4 members (excludes halogenated alkanes) is 1. The van der Waals surface area contributed by atoms with Crippen LogP contribution < -0.4 is 0 Å². The fourth-order valence-corrected chi connectivity index (χ4v) is 2.63. The molecule has 0 spiro atoms. The molecular weight excluding hydrogens is 305 g/mol. The summed E-state index contributed by atoms with van der Waals surface area (Å²) in [5.74, 6) is 7.65. The zero-order valence-electron chi connectivity index (χ0n) is 11.9. The summed E-state index contributed by atoms with van der Waals surface area (Å²) in [5.41, 5.74) is 0.700. The summed E-state index contributed by atoms with van der Waals surface area (Å²) in [6.07, 6.45) is 3.72. The quantitative estimate of drug-likeness (QED) is 0.463. The van der Waals surface area contributed by atoms with E-state index in [1.54, 1.807) is 24.3 Å². The number of hydrogen-bond donors (Lipinski definition) is 0. The van der Waals surface area contributed by atoms with Crippen molar-refractivity contribution in [3.05, 3.63) is 34.9 Å². The molecule has 1 aliphatic heterocycles. The fourth-order valence-electron chi connectivity index (χ4n) is 2.37. The highest BCUT2D eigenvalue weighted by molar-refractivity contribution is 6.30. The van der Waals surface area contributed by atoms with Gasteiger partial charge in [-0.2, -0.15) is 0 Å². The van der Waals surface area contributed by atoms with Gasteiger partial charge in [-0.25, -0.2) is 0 Å². The minimum atomic E-state index is 0.0835. The number of carbonyl (C=O) groups excluding carboxylic acids is 1. The molecule has 1 heterocycles. The maximum atomic E-state index is 12.3. The summed E-state index contributed by atoms with van der Waals surface area (Å²) in [7, 11) is 0. The van der Waals surface area contributed by atoms with Crippen molar-refractivity contribution in [2.45, 2.75) is 25.7 Å². The number of hydrogen-bond acceptors (Lipinski definition) is 1. The van der Waals surface area contributed by atoms with Crippen LogP contribution in [0.1, 0.15) is 36.0 Å². The van der Waals surface area contributed by atoms with E-state index in [4.69, 9.17) is 23.2 Å². The smallest absolute Gasteiger partial charge is 0.253 e. The van der Waals surface area contributed by atoms with Gasteiger partial charge in [-0.05, 0) is 43.5 Å². The molecule has 0 aliphatic carbocycles. The lowest BCUT2D eigenvalue weighted by Gasteiger charge is -2.30. The van der Waals surface area contributed by atoms with Crippen molar-refractivity contribution in [2.75, 3.05) is 19.0 Å². The van der Waals surface area contributed by atoms with Gasteiger partial charge >= 0.3 is 0 Å². The van der Waals surface area contributed by atoms with Crippen LogP contribution in [0.2, 0.25) is 5.02 Å². The molecule has 1 aliphatic rings. The first-order valence-electron chi connectivity index (χ1n) is 7.30. The van der Waals surface area contributed by atoms with E-state index >= 15 is 0 Å². The lowest BCUT2D eigenvalue weighted by atomic mass is 9.96. The van der Waals surface area contributed by atoms with Crippen LogP contribution in [0, 0.1) is 17.8 Å². The Hall–Kier alpha value is -1.17. The third-order valence-electron chi connectivity index (χ3n) is 3.61. The summed E-state index contributed by atoms with van der Waals surface area (Å²) in [6, 6.07) is 7.07. The van der Waals surface area contributed by atoms with E-state index in [9.17, 15) is 4.79 Å². The molecule has 0 atom stereocenters. The van der Waals surface area contributed by atoms with Crippen LogP contribution in [0.3, 0.4) is 0 Å². The van der Waals surface area contributed by atoms with Crippen molar-refractivity contribution in [1.29, 1.82) is 0 Å². The molecule has 0 saturated carbocycles. The highest BCUT2D eigenvalue weighted by Gasteiger charge is 2.22. The van der Waals surface area contributed by atoms with Crippen molar-refractivity contribution in [2.24, 2.45) is 5.92 Å². The van der Waals surface area contributed by atoms with E-state index in [0.717, 1.165) is 38.8 Å². The zero-order valence-corrected chi connectivity index (χ0v) is 13.5. The van der Waals surface area contributed by atoms with E-state index < -0.39 is 0 Å². The number of piperidine rings is 1. The van der Waals surface area contributed by atoms with Gasteiger partial charge in [-0.1, -0.05) is 17.5 Å². The number of halogens is 2. The number of rotatable bonds is 3. The molecule has 1 amide bonds. The van der Waals surface area contributed by atoms with E-state index in [1.165, 1.54) is 0 Å². The SMILES string of the molecule is O=C(c1ccc(Cl)cc1)N1CCC(C#CCCCCl)CC1. The predicted molar refractivity (Wildman–Crippen MR) is 87.8 cm³/mol. The van der Waals surface area contributed by atoms with Crippen LogP contribution in [0.5, 0.6) is 0 Å². The van der Waals surface area contributed by atoms with E-state index in [-0.39, 0.29) is 5.91 Å². The van der Waals surface area contributed by atoms with Crippen molar-refractivity contribution in [3.8, 4) is 11.8 Å². The third-order valence-corrected chi connectivity index (χ3v) is 4.13. The molecule has 0 N–H and O–H groups in total. The monoisotopic (exact) mass is 323 g/mol. The molecule has 1 fully saturated rings. The lowest BCUT2D eigenvalue weighted by molar-refractivity contribution is 0.0708. The Bertz CT molecular complexity index is 522. The van der Waals surface area contributed by atoms with Crippen LogP contribution in [-0.4, -0.2) is 29.8 Å². The fraction of sp³-hybridized carbons (Fsp3) is 0.471. The van der Waals surface area contributed by atoms with Gasteiger partial charge in [0.1, 0.15) is 0 Å². The number of amides is 1. The van der Waals surface area contributed by atoms with Crippen molar-refractivity contribution < 1.29 is 4.79 Å². The Balaban J connectivity index is 1.84. The average molecular weight is 324 g/mol. The van der Waals surface area contributed by atoms with Crippen molar-refractivity contribution in [1.82, 2.24) is 4.90 Å². The standard InChI is InChI=1S/C17H19Cl2NO/c18-11-3-1-2-4-14-9-12-20(13-10-14)17(21)15-5-7-16(19)8-6-15/h5-8,14H,1,3,9-13H2. The summed E-state index contributed by atoms with van der Waals surface area (Å²) in [5, 5.41) is 0.650. The highest BCUT2D eigenvalue weighted by atomic mass is 35.5. The third kappa shape index (κ3) is 4.95. The van der Waals surface area contributed by atoms with E-state index in [1.807, 2.05) is 4.90 Å². The summed E-state index contributed by atoms with van der Waals surface area (Å²) >= 11 is 11.5. The molecule has 0 unspecified atom stereocenters. The van der Waals surface area contributed by atoms with Gasteiger partial charge < -0.3 is 4.90 Å². The molecule has 0 radical (unpaired) electrons. The first kappa shape index (κ1) is 16.2. The molecule has 1 saturated heterocycles. The molecular formula is C17H19Cl2NO. The Morgan fingerprint density at radius 3 is 2.52 bits per heavy atom. The molecule has 0 bridgehead atoms. The molecule has 0 aromatic heterocycles. The molecule has 1 aromatic rings. The number of carbonyl (C=O) groups is 1. The van der Waals surface area contributed by atoms with Crippen LogP contribution in [0.4, 0.5) is 0 Å². The Morgan fingerprint density at radius 1 is 1.24 bits per heavy atom. The lowest BCUT2D eigenvalue weighted by Crippen LogP contribution is -2.38. The number of likely N-dealkylation sites (tertiary alicyclic amines) is 1. The number of benzene rings is 1. The highest BCUT2D eigenvalue weighted by Crippen LogP contribution is 2.19. The minimum Gasteiger partial charge on any atom is -0.339 e. The molecule has 4 heteroatoms. The number of nitrogens with zero attached hydrogens (tertiary/aromatic N) is 1. The van der Waals surface area contributed by atoms with Crippen LogP contribution in [0.25, 0.3) is 0 Å². The van der Waals surface area contributed by atoms with Gasteiger partial charge in [0, 0.05) is 41.9 Å². The first-order valence-corrected chi connectivity index (χ1v) is 8.21. The van der Waals surface area contributed by atoms with Gasteiger partial charge in [0.25, 0.3) is 5.91 Å². The number of alkyl halides is 1. The second kappa shape index (κ2) is 8.32. The second-order valence-electron chi connectivity index (χ2n) is 5.19. The predicted octanol–water partition coefficient (Wildman–Crippen LogP) is 4.21. The Kier molecular flexibility index (Phi) is 6.42. The van der Waals surface area contributed by atoms with Crippen molar-refractivity contribution in [3.63, 3.8) is 0 Å². The Labute approximate surface area is 136 Å². The zero-order chi connectivity index (χ0) is 15.1. The van der Waals surface area contributed by atoms with Gasteiger partial charge in [0.15, 0.2) is 0 Å². The maximum absolute atomic E-state index is 12.3. The van der Waals surface area contributed by atoms with Crippen LogP contribution in [-0.2, 0) is 0 Å². The Morgan fingerprint density at radius 2 is 1.90 bits per heavy atom. The molecule has 112 valence electrons. The van der Waals surface area contributed by atoms with Crippen LogP contribution in [0.15, 0.2) is 24.3 Å². The largest absolute Gasteiger partial charge is 0.339 e. The maximum Gasteiger partial charge on any atom is 0.253 e. The van der Waals surface area contributed by atoms with E-state index in [2.05, 4.69) is 11.8 Å². The van der Waals surface area contributed by atoms with Gasteiger partial charge in [-0.15, -0.1) is 17.5 Å². The second-order valence-corrected chi connectivity index (χ2v) is 6.00. The normalized spacial score (nSPS) is 15.4. The van der Waals surface area contributed by atoms with Gasteiger partial charge in [-0.3, -0.25) is 4.79 Å². The average Bonchev–Trinajstić information content (AvgIpc) is 2.52. The van der Waals surface area contributed by atoms with Crippen LogP contribution >= 0.6 is 23.2 Å².